The molecular formula is C17H19N3O3. The van der Waals surface area contributed by atoms with Gasteiger partial charge in [-0.2, -0.15) is 5.10 Å². The number of hydrogen-bond donors (Lipinski definition) is 1. The van der Waals surface area contributed by atoms with Gasteiger partial charge in [0.1, 0.15) is 6.04 Å². The molecule has 1 aliphatic rings. The SMILES string of the molecule is CC1CCN(C(=O)c2ccc(-n3cccn3)cc2)C(C(=O)O)C1. The molecule has 6 nitrogen and oxygen atoms in total. The van der Waals surface area contributed by atoms with Gasteiger partial charge in [-0.05, 0) is 49.1 Å². The summed E-state index contributed by atoms with van der Waals surface area (Å²) in [6, 6.07) is 8.14. The van der Waals surface area contributed by atoms with Crippen LogP contribution in [0.1, 0.15) is 30.1 Å². The van der Waals surface area contributed by atoms with Crippen molar-refractivity contribution in [3.8, 4) is 5.69 Å². The maximum atomic E-state index is 12.7. The molecule has 1 aromatic heterocycles. The Morgan fingerprint density at radius 3 is 2.61 bits per heavy atom. The summed E-state index contributed by atoms with van der Waals surface area (Å²) < 4.78 is 1.71. The van der Waals surface area contributed by atoms with Gasteiger partial charge in [0.15, 0.2) is 0 Å². The van der Waals surface area contributed by atoms with E-state index in [1.165, 1.54) is 4.90 Å². The minimum Gasteiger partial charge on any atom is -0.480 e. The average Bonchev–Trinajstić information content (AvgIpc) is 3.09. The maximum Gasteiger partial charge on any atom is 0.326 e. The van der Waals surface area contributed by atoms with Crippen molar-refractivity contribution in [2.45, 2.75) is 25.8 Å². The minimum absolute atomic E-state index is 0.226. The van der Waals surface area contributed by atoms with Crippen molar-refractivity contribution in [3.05, 3.63) is 48.3 Å². The van der Waals surface area contributed by atoms with Gasteiger partial charge in [-0.25, -0.2) is 9.48 Å². The molecule has 0 radical (unpaired) electrons. The molecule has 0 aliphatic carbocycles. The van der Waals surface area contributed by atoms with Crippen molar-refractivity contribution in [1.82, 2.24) is 14.7 Å². The average molecular weight is 313 g/mol. The van der Waals surface area contributed by atoms with Crippen LogP contribution in [0.5, 0.6) is 0 Å². The fourth-order valence-corrected chi connectivity index (χ4v) is 2.96. The van der Waals surface area contributed by atoms with Crippen molar-refractivity contribution >= 4 is 11.9 Å². The molecule has 1 amide bonds. The number of piperidine rings is 1. The van der Waals surface area contributed by atoms with E-state index in [4.69, 9.17) is 0 Å². The normalized spacial score (nSPS) is 21.2. The predicted molar refractivity (Wildman–Crippen MR) is 84.4 cm³/mol. The second kappa shape index (κ2) is 6.24. The number of aliphatic carboxylic acids is 1. The number of likely N-dealkylation sites (tertiary alicyclic amines) is 1. The number of rotatable bonds is 3. The number of carboxylic acid groups (broad SMARTS) is 1. The Morgan fingerprint density at radius 1 is 1.26 bits per heavy atom. The van der Waals surface area contributed by atoms with Crippen molar-refractivity contribution in [1.29, 1.82) is 0 Å². The molecule has 1 saturated heterocycles. The van der Waals surface area contributed by atoms with Gasteiger partial charge in [0.05, 0.1) is 5.69 Å². The summed E-state index contributed by atoms with van der Waals surface area (Å²) in [4.78, 5) is 25.6. The van der Waals surface area contributed by atoms with E-state index < -0.39 is 12.0 Å². The fourth-order valence-electron chi connectivity index (χ4n) is 2.96. The Morgan fingerprint density at radius 2 is 2.00 bits per heavy atom. The predicted octanol–water partition coefficient (Wildman–Crippen LogP) is 2.20. The van der Waals surface area contributed by atoms with Crippen LogP contribution < -0.4 is 0 Å². The summed E-state index contributed by atoms with van der Waals surface area (Å²) in [5.41, 5.74) is 1.36. The molecule has 0 bridgehead atoms. The second-order valence-corrected chi connectivity index (χ2v) is 5.98. The lowest BCUT2D eigenvalue weighted by molar-refractivity contribution is -0.144. The summed E-state index contributed by atoms with van der Waals surface area (Å²) in [7, 11) is 0. The molecule has 1 aromatic carbocycles. The Hall–Kier alpha value is -2.63. The monoisotopic (exact) mass is 313 g/mol. The first-order valence-corrected chi connectivity index (χ1v) is 7.70. The molecule has 1 fully saturated rings. The molecule has 1 N–H and O–H groups in total. The van der Waals surface area contributed by atoms with E-state index in [2.05, 4.69) is 5.10 Å². The Labute approximate surface area is 134 Å². The van der Waals surface area contributed by atoms with E-state index in [0.717, 1.165) is 12.1 Å². The van der Waals surface area contributed by atoms with Crippen LogP contribution in [0.25, 0.3) is 5.69 Å². The van der Waals surface area contributed by atoms with Gasteiger partial charge in [0.25, 0.3) is 5.91 Å². The van der Waals surface area contributed by atoms with Crippen LogP contribution in [-0.4, -0.2) is 44.3 Å². The lowest BCUT2D eigenvalue weighted by Gasteiger charge is -2.36. The summed E-state index contributed by atoms with van der Waals surface area (Å²) in [5, 5.41) is 13.5. The van der Waals surface area contributed by atoms with Crippen molar-refractivity contribution < 1.29 is 14.7 Å². The van der Waals surface area contributed by atoms with E-state index in [-0.39, 0.29) is 5.91 Å². The zero-order chi connectivity index (χ0) is 16.4. The lowest BCUT2D eigenvalue weighted by Crippen LogP contribution is -2.49. The Balaban J connectivity index is 1.80. The molecule has 3 rings (SSSR count). The van der Waals surface area contributed by atoms with E-state index >= 15 is 0 Å². The molecule has 2 atom stereocenters. The smallest absolute Gasteiger partial charge is 0.326 e. The first kappa shape index (κ1) is 15.3. The molecule has 0 spiro atoms. The van der Waals surface area contributed by atoms with Gasteiger partial charge in [-0.15, -0.1) is 0 Å². The number of amides is 1. The topological polar surface area (TPSA) is 75.4 Å². The summed E-state index contributed by atoms with van der Waals surface area (Å²) in [6.45, 7) is 2.51. The van der Waals surface area contributed by atoms with E-state index in [9.17, 15) is 14.7 Å². The van der Waals surface area contributed by atoms with Crippen LogP contribution in [0.4, 0.5) is 0 Å². The molecule has 2 aromatic rings. The number of hydrogen-bond acceptors (Lipinski definition) is 3. The highest BCUT2D eigenvalue weighted by molar-refractivity contribution is 5.96. The number of aromatic nitrogens is 2. The molecule has 23 heavy (non-hydrogen) atoms. The first-order valence-electron chi connectivity index (χ1n) is 7.70. The zero-order valence-corrected chi connectivity index (χ0v) is 12.9. The molecule has 6 heteroatoms. The standard InChI is InChI=1S/C17H19N3O3/c1-12-7-10-19(15(11-12)17(22)23)16(21)13-3-5-14(6-4-13)20-9-2-8-18-20/h2-6,8-9,12,15H,7,10-11H2,1H3,(H,22,23). The largest absolute Gasteiger partial charge is 0.480 e. The van der Waals surface area contributed by atoms with Crippen LogP contribution in [-0.2, 0) is 4.79 Å². The summed E-state index contributed by atoms with van der Waals surface area (Å²) in [6.07, 6.45) is 4.85. The van der Waals surface area contributed by atoms with Crippen molar-refractivity contribution in [2.75, 3.05) is 6.54 Å². The van der Waals surface area contributed by atoms with E-state index in [0.29, 0.717) is 24.4 Å². The lowest BCUT2D eigenvalue weighted by atomic mass is 9.92. The van der Waals surface area contributed by atoms with Gasteiger partial charge >= 0.3 is 5.97 Å². The van der Waals surface area contributed by atoms with Crippen molar-refractivity contribution in [3.63, 3.8) is 0 Å². The van der Waals surface area contributed by atoms with Gasteiger partial charge in [0.2, 0.25) is 0 Å². The van der Waals surface area contributed by atoms with Crippen molar-refractivity contribution in [2.24, 2.45) is 5.92 Å². The quantitative estimate of drug-likeness (QED) is 0.942. The molecule has 2 unspecified atom stereocenters. The highest BCUT2D eigenvalue weighted by Crippen LogP contribution is 2.24. The highest BCUT2D eigenvalue weighted by atomic mass is 16.4. The molecule has 1 aliphatic heterocycles. The zero-order valence-electron chi connectivity index (χ0n) is 12.9. The second-order valence-electron chi connectivity index (χ2n) is 5.98. The molecule has 120 valence electrons. The van der Waals surface area contributed by atoms with E-state index in [1.807, 2.05) is 31.3 Å². The van der Waals surface area contributed by atoms with Gasteiger partial charge in [0, 0.05) is 24.5 Å². The Bertz CT molecular complexity index is 694. The highest BCUT2D eigenvalue weighted by Gasteiger charge is 2.35. The number of carbonyl (C=O) groups is 2. The van der Waals surface area contributed by atoms with Gasteiger partial charge < -0.3 is 10.0 Å². The fraction of sp³-hybridized carbons (Fsp3) is 0.353. The number of benzene rings is 1. The molecule has 2 heterocycles. The van der Waals surface area contributed by atoms with Crippen LogP contribution in [0.15, 0.2) is 42.7 Å². The number of carboxylic acids is 1. The van der Waals surface area contributed by atoms with Crippen LogP contribution >= 0.6 is 0 Å². The van der Waals surface area contributed by atoms with E-state index in [1.54, 1.807) is 23.0 Å². The third kappa shape index (κ3) is 3.11. The maximum absolute atomic E-state index is 12.7. The molecular weight excluding hydrogens is 294 g/mol. The third-order valence-electron chi connectivity index (χ3n) is 4.29. The van der Waals surface area contributed by atoms with Crippen LogP contribution in [0, 0.1) is 5.92 Å². The van der Waals surface area contributed by atoms with Crippen LogP contribution in [0.2, 0.25) is 0 Å². The first-order chi connectivity index (χ1) is 11.1. The Kier molecular flexibility index (Phi) is 4.14. The van der Waals surface area contributed by atoms with Crippen LogP contribution in [0.3, 0.4) is 0 Å². The summed E-state index contributed by atoms with van der Waals surface area (Å²) >= 11 is 0. The van der Waals surface area contributed by atoms with Gasteiger partial charge in [-0.1, -0.05) is 6.92 Å². The minimum atomic E-state index is -0.932. The third-order valence-corrected chi connectivity index (χ3v) is 4.29. The van der Waals surface area contributed by atoms with Gasteiger partial charge in [-0.3, -0.25) is 4.79 Å². The number of nitrogens with zero attached hydrogens (tertiary/aromatic N) is 3. The number of carbonyl (C=O) groups excluding carboxylic acids is 1. The molecule has 0 saturated carbocycles. The summed E-state index contributed by atoms with van der Waals surface area (Å²) in [5.74, 6) is -0.836.